The molecular weight excluding hydrogens is 222 g/mol. The van der Waals surface area contributed by atoms with Crippen molar-refractivity contribution in [1.29, 1.82) is 0 Å². The van der Waals surface area contributed by atoms with Crippen molar-refractivity contribution in [3.63, 3.8) is 0 Å². The molecule has 2 aromatic carbocycles. The first kappa shape index (κ1) is 10.8. The van der Waals surface area contributed by atoms with E-state index in [0.29, 0.717) is 0 Å². The van der Waals surface area contributed by atoms with E-state index in [-0.39, 0.29) is 0 Å². The number of benzene rings is 2. The molecule has 3 rings (SSSR count). The summed E-state index contributed by atoms with van der Waals surface area (Å²) in [6.07, 6.45) is 3.95. The van der Waals surface area contributed by atoms with Crippen LogP contribution in [-0.4, -0.2) is 13.3 Å². The third-order valence-electron chi connectivity index (χ3n) is 3.01. The van der Waals surface area contributed by atoms with Crippen LogP contribution in [0.4, 0.5) is 5.69 Å². The first-order valence-corrected chi connectivity index (χ1v) is 5.86. The zero-order chi connectivity index (χ0) is 12.4. The molecule has 0 aromatic heterocycles. The number of fused-ring (bicyclic) bond motifs is 2. The number of methoxy groups -OCH3 is 1. The molecule has 1 aliphatic rings. The number of ether oxygens (including phenoxy) is 1. The van der Waals surface area contributed by atoms with Crippen LogP contribution in [0.15, 0.2) is 53.5 Å². The molecular formula is C16H13NO. The Labute approximate surface area is 106 Å². The molecule has 0 bridgehead atoms. The summed E-state index contributed by atoms with van der Waals surface area (Å²) in [6.45, 7) is 0. The lowest BCUT2D eigenvalue weighted by Crippen LogP contribution is -1.94. The van der Waals surface area contributed by atoms with Gasteiger partial charge in [-0.1, -0.05) is 36.4 Å². The Morgan fingerprint density at radius 1 is 0.889 bits per heavy atom. The Bertz CT molecular complexity index is 641. The van der Waals surface area contributed by atoms with Crippen LogP contribution < -0.4 is 0 Å². The second kappa shape index (κ2) is 4.49. The minimum Gasteiger partial charge on any atom is -0.496 e. The SMILES string of the molecule is COC1=Cc2ccccc2/C=N\c2ccccc21. The van der Waals surface area contributed by atoms with Gasteiger partial charge in [0, 0.05) is 17.3 Å². The predicted octanol–water partition coefficient (Wildman–Crippen LogP) is 3.90. The lowest BCUT2D eigenvalue weighted by molar-refractivity contribution is 0.373. The van der Waals surface area contributed by atoms with E-state index in [1.807, 2.05) is 42.6 Å². The molecule has 0 N–H and O–H groups in total. The van der Waals surface area contributed by atoms with Crippen LogP contribution in [0.1, 0.15) is 16.7 Å². The average Bonchev–Trinajstić information content (AvgIpc) is 2.41. The van der Waals surface area contributed by atoms with E-state index in [9.17, 15) is 0 Å². The van der Waals surface area contributed by atoms with Gasteiger partial charge < -0.3 is 4.74 Å². The highest BCUT2D eigenvalue weighted by Gasteiger charge is 2.10. The van der Waals surface area contributed by atoms with Crippen LogP contribution in [0.3, 0.4) is 0 Å². The predicted molar refractivity (Wildman–Crippen MR) is 75.0 cm³/mol. The van der Waals surface area contributed by atoms with E-state index < -0.39 is 0 Å². The van der Waals surface area contributed by atoms with E-state index in [2.05, 4.69) is 23.2 Å². The Morgan fingerprint density at radius 3 is 2.44 bits per heavy atom. The molecule has 88 valence electrons. The molecule has 1 aliphatic heterocycles. The van der Waals surface area contributed by atoms with Crippen LogP contribution in [0.5, 0.6) is 0 Å². The van der Waals surface area contributed by atoms with Gasteiger partial charge in [-0.25, -0.2) is 0 Å². The van der Waals surface area contributed by atoms with E-state index in [1.54, 1.807) is 7.11 Å². The third kappa shape index (κ3) is 1.82. The number of hydrogen-bond acceptors (Lipinski definition) is 2. The quantitative estimate of drug-likeness (QED) is 0.734. The van der Waals surface area contributed by atoms with Crippen molar-refractivity contribution in [2.45, 2.75) is 0 Å². The summed E-state index contributed by atoms with van der Waals surface area (Å²) >= 11 is 0. The largest absolute Gasteiger partial charge is 0.496 e. The van der Waals surface area contributed by atoms with Crippen molar-refractivity contribution in [3.05, 3.63) is 65.2 Å². The van der Waals surface area contributed by atoms with Gasteiger partial charge in [0.1, 0.15) is 5.76 Å². The van der Waals surface area contributed by atoms with Gasteiger partial charge >= 0.3 is 0 Å². The van der Waals surface area contributed by atoms with Crippen molar-refractivity contribution in [2.75, 3.05) is 7.11 Å². The van der Waals surface area contributed by atoms with Crippen LogP contribution in [0.25, 0.3) is 11.8 Å². The number of nitrogens with zero attached hydrogens (tertiary/aromatic N) is 1. The van der Waals surface area contributed by atoms with Crippen molar-refractivity contribution in [1.82, 2.24) is 0 Å². The standard InChI is InChI=1S/C16H13NO/c1-18-16-10-12-6-2-3-7-13(12)11-17-15-9-5-4-8-14(15)16/h2-11H,1H3/b12-10?,13-11?,16-10?,16-14?,17-11-,17-15?. The van der Waals surface area contributed by atoms with Crippen molar-refractivity contribution in [3.8, 4) is 0 Å². The zero-order valence-electron chi connectivity index (χ0n) is 10.1. The van der Waals surface area contributed by atoms with Gasteiger partial charge in [0.25, 0.3) is 0 Å². The normalized spacial score (nSPS) is 14.6. The summed E-state index contributed by atoms with van der Waals surface area (Å²) in [7, 11) is 1.69. The Morgan fingerprint density at radius 2 is 1.61 bits per heavy atom. The summed E-state index contributed by atoms with van der Waals surface area (Å²) in [5, 5.41) is 0. The monoisotopic (exact) mass is 235 g/mol. The summed E-state index contributed by atoms with van der Waals surface area (Å²) in [4.78, 5) is 4.54. The Kier molecular flexibility index (Phi) is 2.69. The molecule has 0 unspecified atom stereocenters. The molecule has 1 heterocycles. The minimum atomic E-state index is 0.842. The highest BCUT2D eigenvalue weighted by atomic mass is 16.5. The molecule has 0 saturated carbocycles. The maximum Gasteiger partial charge on any atom is 0.128 e. The lowest BCUT2D eigenvalue weighted by Gasteiger charge is -2.12. The van der Waals surface area contributed by atoms with E-state index in [0.717, 1.165) is 28.1 Å². The second-order valence-corrected chi connectivity index (χ2v) is 4.12. The maximum atomic E-state index is 5.50. The zero-order valence-corrected chi connectivity index (χ0v) is 10.1. The first-order chi connectivity index (χ1) is 8.88. The smallest absolute Gasteiger partial charge is 0.128 e. The van der Waals surface area contributed by atoms with E-state index in [1.165, 1.54) is 0 Å². The number of rotatable bonds is 1. The van der Waals surface area contributed by atoms with E-state index in [4.69, 9.17) is 4.74 Å². The topological polar surface area (TPSA) is 21.6 Å². The summed E-state index contributed by atoms with van der Waals surface area (Å²) in [5.41, 5.74) is 4.17. The van der Waals surface area contributed by atoms with Gasteiger partial charge in [0.15, 0.2) is 0 Å². The van der Waals surface area contributed by atoms with Crippen molar-refractivity contribution >= 4 is 23.7 Å². The van der Waals surface area contributed by atoms with Crippen LogP contribution in [-0.2, 0) is 4.74 Å². The number of aliphatic imine (C=N–C) groups is 1. The molecule has 0 spiro atoms. The van der Waals surface area contributed by atoms with Gasteiger partial charge in [0.2, 0.25) is 0 Å². The fourth-order valence-electron chi connectivity index (χ4n) is 2.08. The van der Waals surface area contributed by atoms with Gasteiger partial charge in [0.05, 0.1) is 12.8 Å². The van der Waals surface area contributed by atoms with Crippen molar-refractivity contribution in [2.24, 2.45) is 4.99 Å². The molecule has 18 heavy (non-hydrogen) atoms. The Hall–Kier alpha value is -2.35. The fourth-order valence-corrected chi connectivity index (χ4v) is 2.08. The Balaban J connectivity index is 2.25. The van der Waals surface area contributed by atoms with E-state index >= 15 is 0 Å². The molecule has 2 heteroatoms. The summed E-state index contributed by atoms with van der Waals surface area (Å²) in [6, 6.07) is 16.1. The molecule has 0 saturated heterocycles. The van der Waals surface area contributed by atoms with Crippen molar-refractivity contribution < 1.29 is 4.74 Å². The van der Waals surface area contributed by atoms with Crippen LogP contribution >= 0.6 is 0 Å². The highest BCUT2D eigenvalue weighted by Crippen LogP contribution is 2.30. The molecule has 0 aliphatic carbocycles. The molecule has 2 aromatic rings. The lowest BCUT2D eigenvalue weighted by atomic mass is 10.0. The average molecular weight is 235 g/mol. The molecule has 0 atom stereocenters. The fraction of sp³-hybridized carbons (Fsp3) is 0.0625. The third-order valence-corrected chi connectivity index (χ3v) is 3.01. The summed E-state index contributed by atoms with van der Waals surface area (Å²) in [5.74, 6) is 0.842. The molecule has 0 amide bonds. The molecule has 2 nitrogen and oxygen atoms in total. The van der Waals surface area contributed by atoms with Crippen LogP contribution in [0.2, 0.25) is 0 Å². The second-order valence-electron chi connectivity index (χ2n) is 4.12. The number of hydrogen-bond donors (Lipinski definition) is 0. The summed E-state index contributed by atoms with van der Waals surface area (Å²) < 4.78 is 5.50. The van der Waals surface area contributed by atoms with Gasteiger partial charge in [-0.05, 0) is 23.8 Å². The minimum absolute atomic E-state index is 0.842. The van der Waals surface area contributed by atoms with Gasteiger partial charge in [-0.15, -0.1) is 0 Å². The highest BCUT2D eigenvalue weighted by molar-refractivity contribution is 5.94. The van der Waals surface area contributed by atoms with Crippen LogP contribution in [0, 0.1) is 0 Å². The van der Waals surface area contributed by atoms with Gasteiger partial charge in [-0.2, -0.15) is 0 Å². The maximum absolute atomic E-state index is 5.50. The first-order valence-electron chi connectivity index (χ1n) is 5.86. The van der Waals surface area contributed by atoms with Gasteiger partial charge in [-0.3, -0.25) is 4.99 Å². The number of para-hydroxylation sites is 1. The molecule has 0 fully saturated rings. The molecule has 0 radical (unpaired) electrons.